The van der Waals surface area contributed by atoms with Crippen LogP contribution in [0.4, 0.5) is 0 Å². The van der Waals surface area contributed by atoms with Gasteiger partial charge in [-0.15, -0.1) is 0 Å². The maximum Gasteiger partial charge on any atom is 0.306 e. The zero-order chi connectivity index (χ0) is 50.6. The fourth-order valence-corrected chi connectivity index (χ4v) is 8.41. The summed E-state index contributed by atoms with van der Waals surface area (Å²) in [6.45, 7) is 7.67. The number of allylic oxidation sites excluding steroid dienone is 14. The van der Waals surface area contributed by atoms with E-state index in [9.17, 15) is 9.59 Å². The Bertz CT molecular complexity index is 1290. The minimum absolute atomic E-state index is 0.0715. The van der Waals surface area contributed by atoms with Gasteiger partial charge in [-0.25, -0.2) is 0 Å². The second-order valence-electron chi connectivity index (χ2n) is 19.9. The molecule has 0 radical (unpaired) electrons. The van der Waals surface area contributed by atoms with Crippen LogP contribution in [0.5, 0.6) is 0 Å². The molecule has 0 saturated heterocycles. The van der Waals surface area contributed by atoms with E-state index in [0.29, 0.717) is 19.4 Å². The average Bonchev–Trinajstić information content (AvgIpc) is 3.36. The first kappa shape index (κ1) is 67.1. The summed E-state index contributed by atoms with van der Waals surface area (Å²) >= 11 is 0. The van der Waals surface area contributed by atoms with E-state index in [1.54, 1.807) is 0 Å². The molecule has 0 aliphatic heterocycles. The van der Waals surface area contributed by atoms with Gasteiger partial charge in [-0.3, -0.25) is 9.59 Å². The summed E-state index contributed by atoms with van der Waals surface area (Å²) in [5.74, 6) is -0.411. The second-order valence-corrected chi connectivity index (χ2v) is 19.9. The number of carbonyl (C=O) groups excluding carboxylic acids is 2. The van der Waals surface area contributed by atoms with Crippen molar-refractivity contribution in [1.29, 1.82) is 0 Å². The standard InChI is InChI=1S/C65H114O5/c1-4-7-10-13-16-19-22-25-28-31-33-35-37-40-43-46-49-52-55-58-64(66)69-62-63(61-68-60-57-54-51-48-45-42-39-36-32-29-26-23-20-17-14-11-8-5-2)70-65(67)59-56-53-50-47-44-41-38-34-30-27-24-21-18-15-12-9-6-3/h8,11,16-17,19-20,25-30,36,39,63H,4-7,9-10,12-15,18,21-24,31-35,37-38,40-62H2,1-3H3/b11-8-,19-16-,20-17-,28-25-,29-26-,30-27-,39-36-. The minimum Gasteiger partial charge on any atom is -0.462 e. The van der Waals surface area contributed by atoms with E-state index < -0.39 is 6.10 Å². The molecule has 0 aliphatic carbocycles. The lowest BCUT2D eigenvalue weighted by molar-refractivity contribution is -0.163. The Morgan fingerprint density at radius 3 is 1.07 bits per heavy atom. The van der Waals surface area contributed by atoms with Gasteiger partial charge in [-0.2, -0.15) is 0 Å². The Kier molecular flexibility index (Phi) is 57.9. The summed E-state index contributed by atoms with van der Waals surface area (Å²) in [5.41, 5.74) is 0. The van der Waals surface area contributed by atoms with Crippen molar-refractivity contribution in [2.75, 3.05) is 19.8 Å². The number of esters is 2. The molecule has 0 aromatic heterocycles. The smallest absolute Gasteiger partial charge is 0.306 e. The van der Waals surface area contributed by atoms with Crippen molar-refractivity contribution in [3.63, 3.8) is 0 Å². The Balaban J connectivity index is 4.32. The monoisotopic (exact) mass is 975 g/mol. The van der Waals surface area contributed by atoms with Gasteiger partial charge in [0.05, 0.1) is 6.61 Å². The topological polar surface area (TPSA) is 61.8 Å². The molecule has 0 rings (SSSR count). The molecule has 0 aromatic carbocycles. The highest BCUT2D eigenvalue weighted by Crippen LogP contribution is 2.15. The Hall–Kier alpha value is -2.92. The van der Waals surface area contributed by atoms with Crippen LogP contribution in [-0.2, 0) is 23.8 Å². The van der Waals surface area contributed by atoms with Gasteiger partial charge in [-0.05, 0) is 116 Å². The molecule has 0 bridgehead atoms. The van der Waals surface area contributed by atoms with Crippen molar-refractivity contribution in [2.24, 2.45) is 0 Å². The maximum absolute atomic E-state index is 12.9. The fourth-order valence-electron chi connectivity index (χ4n) is 8.41. The van der Waals surface area contributed by atoms with Crippen LogP contribution >= 0.6 is 0 Å². The summed E-state index contributed by atoms with van der Waals surface area (Å²) in [6.07, 6.45) is 80.3. The minimum atomic E-state index is -0.555. The van der Waals surface area contributed by atoms with Crippen LogP contribution in [-0.4, -0.2) is 37.9 Å². The van der Waals surface area contributed by atoms with Crippen LogP contribution in [0.15, 0.2) is 85.1 Å². The SMILES string of the molecule is CC/C=C\C/C=C\C/C=C\C/C=C\CCCCCCCOCC(COC(=O)CCCCCCCCCCC/C=C\C/C=C\CCCCC)OC(=O)CCCCCCCCC/C=C\CCCCCCCC. The molecule has 5 heteroatoms. The summed E-state index contributed by atoms with van der Waals surface area (Å²) in [6, 6.07) is 0. The lowest BCUT2D eigenvalue weighted by Crippen LogP contribution is -2.30. The van der Waals surface area contributed by atoms with Crippen LogP contribution in [0.2, 0.25) is 0 Å². The van der Waals surface area contributed by atoms with E-state index in [0.717, 1.165) is 83.5 Å². The first-order chi connectivity index (χ1) is 34.6. The molecule has 70 heavy (non-hydrogen) atoms. The number of hydrogen-bond acceptors (Lipinski definition) is 5. The number of carbonyl (C=O) groups is 2. The molecule has 0 heterocycles. The van der Waals surface area contributed by atoms with Crippen LogP contribution in [0.25, 0.3) is 0 Å². The normalized spacial score (nSPS) is 12.8. The molecule has 0 amide bonds. The first-order valence-electron chi connectivity index (χ1n) is 30.1. The predicted octanol–water partition coefficient (Wildman–Crippen LogP) is 20.8. The Morgan fingerprint density at radius 2 is 0.643 bits per heavy atom. The quantitative estimate of drug-likeness (QED) is 0.0345. The molecule has 404 valence electrons. The van der Waals surface area contributed by atoms with Crippen molar-refractivity contribution >= 4 is 11.9 Å². The third kappa shape index (κ3) is 57.7. The molecule has 1 atom stereocenters. The van der Waals surface area contributed by atoms with Crippen molar-refractivity contribution in [3.05, 3.63) is 85.1 Å². The van der Waals surface area contributed by atoms with E-state index in [4.69, 9.17) is 14.2 Å². The summed E-state index contributed by atoms with van der Waals surface area (Å²) in [4.78, 5) is 25.6. The average molecular weight is 976 g/mol. The third-order valence-corrected chi connectivity index (χ3v) is 12.9. The van der Waals surface area contributed by atoms with Gasteiger partial charge in [0, 0.05) is 19.4 Å². The largest absolute Gasteiger partial charge is 0.462 e. The highest BCUT2D eigenvalue weighted by atomic mass is 16.6. The Labute approximate surface area is 435 Å². The molecule has 0 aliphatic rings. The van der Waals surface area contributed by atoms with E-state index in [1.807, 2.05) is 0 Å². The number of hydrogen-bond donors (Lipinski definition) is 0. The van der Waals surface area contributed by atoms with E-state index >= 15 is 0 Å². The zero-order valence-corrected chi connectivity index (χ0v) is 46.5. The number of ether oxygens (including phenoxy) is 3. The highest BCUT2D eigenvalue weighted by Gasteiger charge is 2.17. The molecule has 5 nitrogen and oxygen atoms in total. The predicted molar refractivity (Wildman–Crippen MR) is 307 cm³/mol. The molecular formula is C65H114O5. The lowest BCUT2D eigenvalue weighted by atomic mass is 10.1. The summed E-state index contributed by atoms with van der Waals surface area (Å²) in [5, 5.41) is 0. The van der Waals surface area contributed by atoms with Crippen LogP contribution in [0, 0.1) is 0 Å². The van der Waals surface area contributed by atoms with E-state index in [1.165, 1.54) is 173 Å². The molecule has 1 unspecified atom stereocenters. The highest BCUT2D eigenvalue weighted by molar-refractivity contribution is 5.70. The van der Waals surface area contributed by atoms with Gasteiger partial charge in [0.2, 0.25) is 0 Å². The number of unbranched alkanes of at least 4 members (excludes halogenated alkanes) is 30. The van der Waals surface area contributed by atoms with E-state index in [-0.39, 0.29) is 25.2 Å². The van der Waals surface area contributed by atoms with Gasteiger partial charge < -0.3 is 14.2 Å². The van der Waals surface area contributed by atoms with Crippen molar-refractivity contribution in [2.45, 2.75) is 297 Å². The maximum atomic E-state index is 12.9. The van der Waals surface area contributed by atoms with E-state index in [2.05, 4.69) is 106 Å². The third-order valence-electron chi connectivity index (χ3n) is 12.9. The molecular weight excluding hydrogens is 861 g/mol. The molecule has 0 N–H and O–H groups in total. The van der Waals surface area contributed by atoms with Crippen LogP contribution in [0.3, 0.4) is 0 Å². The van der Waals surface area contributed by atoms with Crippen LogP contribution in [0.1, 0.15) is 290 Å². The van der Waals surface area contributed by atoms with Crippen LogP contribution < -0.4 is 0 Å². The first-order valence-corrected chi connectivity index (χ1v) is 30.1. The van der Waals surface area contributed by atoms with Crippen molar-refractivity contribution in [1.82, 2.24) is 0 Å². The van der Waals surface area contributed by atoms with Crippen molar-refractivity contribution in [3.8, 4) is 0 Å². The van der Waals surface area contributed by atoms with Gasteiger partial charge in [0.25, 0.3) is 0 Å². The van der Waals surface area contributed by atoms with Gasteiger partial charge in [0.15, 0.2) is 6.10 Å². The zero-order valence-electron chi connectivity index (χ0n) is 46.5. The summed E-state index contributed by atoms with van der Waals surface area (Å²) < 4.78 is 17.5. The van der Waals surface area contributed by atoms with Gasteiger partial charge in [0.1, 0.15) is 6.61 Å². The molecule has 0 saturated carbocycles. The summed E-state index contributed by atoms with van der Waals surface area (Å²) in [7, 11) is 0. The lowest BCUT2D eigenvalue weighted by Gasteiger charge is -2.18. The van der Waals surface area contributed by atoms with Gasteiger partial charge >= 0.3 is 11.9 Å². The molecule has 0 spiro atoms. The Morgan fingerprint density at radius 1 is 0.329 bits per heavy atom. The van der Waals surface area contributed by atoms with Crippen molar-refractivity contribution < 1.29 is 23.8 Å². The number of rotatable bonds is 55. The second kappa shape index (κ2) is 60.4. The fraction of sp³-hybridized carbons (Fsp3) is 0.754. The molecule has 0 aromatic rings. The van der Waals surface area contributed by atoms with Gasteiger partial charge in [-0.1, -0.05) is 247 Å². The molecule has 0 fully saturated rings.